The van der Waals surface area contributed by atoms with E-state index in [-0.39, 0.29) is 11.7 Å². The van der Waals surface area contributed by atoms with Gasteiger partial charge in [0, 0.05) is 0 Å². The Hall–Kier alpha value is -1.38. The van der Waals surface area contributed by atoms with Gasteiger partial charge >= 0.3 is 5.97 Å². The van der Waals surface area contributed by atoms with E-state index in [1.54, 1.807) is 19.1 Å². The minimum absolute atomic E-state index is 0.273. The second-order valence-corrected chi connectivity index (χ2v) is 4.80. The van der Waals surface area contributed by atoms with Crippen molar-refractivity contribution in [3.8, 4) is 0 Å². The van der Waals surface area contributed by atoms with Crippen LogP contribution in [0.3, 0.4) is 0 Å². The molecular formula is C13H15FO2. The number of carboxylic acids is 1. The van der Waals surface area contributed by atoms with Crippen LogP contribution >= 0.6 is 0 Å². The first-order valence-electron chi connectivity index (χ1n) is 5.50. The summed E-state index contributed by atoms with van der Waals surface area (Å²) in [6.45, 7) is 1.79. The lowest BCUT2D eigenvalue weighted by molar-refractivity contribution is -0.149. The Morgan fingerprint density at radius 2 is 2.00 bits per heavy atom. The van der Waals surface area contributed by atoms with Crippen LogP contribution in [0.5, 0.6) is 0 Å². The van der Waals surface area contributed by atoms with Gasteiger partial charge in [0.15, 0.2) is 0 Å². The number of halogens is 1. The molecule has 1 saturated carbocycles. The van der Waals surface area contributed by atoms with Gasteiger partial charge < -0.3 is 5.11 Å². The maximum absolute atomic E-state index is 12.7. The van der Waals surface area contributed by atoms with Crippen molar-refractivity contribution in [1.82, 2.24) is 0 Å². The lowest BCUT2D eigenvalue weighted by Gasteiger charge is -2.24. The Kier molecular flexibility index (Phi) is 2.70. The Labute approximate surface area is 94.1 Å². The summed E-state index contributed by atoms with van der Waals surface area (Å²) in [5.41, 5.74) is 0.191. The molecule has 1 aliphatic carbocycles. The molecule has 0 heterocycles. The Morgan fingerprint density at radius 1 is 1.44 bits per heavy atom. The molecule has 1 aliphatic rings. The molecule has 0 spiro atoms. The Morgan fingerprint density at radius 3 is 2.44 bits per heavy atom. The van der Waals surface area contributed by atoms with E-state index in [0.29, 0.717) is 6.42 Å². The minimum Gasteiger partial charge on any atom is -0.481 e. The maximum atomic E-state index is 12.7. The highest BCUT2D eigenvalue weighted by atomic mass is 19.1. The highest BCUT2D eigenvalue weighted by molar-refractivity contribution is 5.75. The average Bonchev–Trinajstić information content (AvgIpc) is 3.04. The molecule has 1 aromatic carbocycles. The van der Waals surface area contributed by atoms with Gasteiger partial charge in [0.1, 0.15) is 5.82 Å². The minimum atomic E-state index is -0.751. The second-order valence-electron chi connectivity index (χ2n) is 4.80. The monoisotopic (exact) mass is 222 g/mol. The third-order valence-electron chi connectivity index (χ3n) is 3.45. The van der Waals surface area contributed by atoms with Crippen molar-refractivity contribution in [2.24, 2.45) is 11.3 Å². The molecule has 0 bridgehead atoms. The van der Waals surface area contributed by atoms with E-state index in [9.17, 15) is 14.3 Å². The summed E-state index contributed by atoms with van der Waals surface area (Å²) in [5.74, 6) is -0.762. The number of benzene rings is 1. The molecule has 1 N–H and O–H groups in total. The summed E-state index contributed by atoms with van der Waals surface area (Å²) in [6, 6.07) is 6.09. The number of aliphatic carboxylic acids is 1. The van der Waals surface area contributed by atoms with Gasteiger partial charge in [0.05, 0.1) is 5.41 Å². The van der Waals surface area contributed by atoms with Crippen LogP contribution in [0, 0.1) is 17.2 Å². The molecule has 86 valence electrons. The van der Waals surface area contributed by atoms with Crippen LogP contribution in [0.2, 0.25) is 0 Å². The molecule has 0 aromatic heterocycles. The second kappa shape index (κ2) is 3.89. The normalized spacial score (nSPS) is 19.1. The summed E-state index contributed by atoms with van der Waals surface area (Å²) in [5, 5.41) is 9.28. The summed E-state index contributed by atoms with van der Waals surface area (Å²) in [6.07, 6.45) is 2.46. The van der Waals surface area contributed by atoms with Crippen molar-refractivity contribution in [3.05, 3.63) is 35.6 Å². The largest absolute Gasteiger partial charge is 0.481 e. The average molecular weight is 222 g/mol. The number of carboxylic acid groups (broad SMARTS) is 1. The van der Waals surface area contributed by atoms with Crippen molar-refractivity contribution in [2.45, 2.75) is 26.2 Å². The molecule has 0 radical (unpaired) electrons. The number of hydrogen-bond donors (Lipinski definition) is 1. The molecule has 1 atom stereocenters. The van der Waals surface area contributed by atoms with Crippen molar-refractivity contribution in [1.29, 1.82) is 0 Å². The zero-order valence-electron chi connectivity index (χ0n) is 9.24. The van der Waals surface area contributed by atoms with Crippen molar-refractivity contribution < 1.29 is 14.3 Å². The van der Waals surface area contributed by atoms with Gasteiger partial charge in [-0.25, -0.2) is 4.39 Å². The maximum Gasteiger partial charge on any atom is 0.309 e. The first-order valence-corrected chi connectivity index (χ1v) is 5.50. The van der Waals surface area contributed by atoms with Crippen LogP contribution in [0.15, 0.2) is 24.3 Å². The van der Waals surface area contributed by atoms with Crippen LogP contribution in [-0.4, -0.2) is 11.1 Å². The number of rotatable bonds is 4. The first-order chi connectivity index (χ1) is 7.52. The Bertz CT molecular complexity index is 395. The van der Waals surface area contributed by atoms with Gasteiger partial charge in [-0.1, -0.05) is 12.1 Å². The van der Waals surface area contributed by atoms with Crippen LogP contribution in [0.1, 0.15) is 25.3 Å². The summed E-state index contributed by atoms with van der Waals surface area (Å²) in [4.78, 5) is 11.3. The standard InChI is InChI=1S/C13H15FO2/c1-13(12(15)16,10-4-5-10)8-9-2-6-11(14)7-3-9/h2-3,6-7,10H,4-5,8H2,1H3,(H,15,16). The SMILES string of the molecule is CC(Cc1ccc(F)cc1)(C(=O)O)C1CC1. The molecular weight excluding hydrogens is 207 g/mol. The molecule has 2 nitrogen and oxygen atoms in total. The smallest absolute Gasteiger partial charge is 0.309 e. The number of hydrogen-bond acceptors (Lipinski definition) is 1. The summed E-state index contributed by atoms with van der Waals surface area (Å²) in [7, 11) is 0. The van der Waals surface area contributed by atoms with Gasteiger partial charge in [-0.05, 0) is 49.8 Å². The first kappa shape index (κ1) is 11.1. The quantitative estimate of drug-likeness (QED) is 0.850. The predicted octanol–water partition coefficient (Wildman–Crippen LogP) is 2.87. The van der Waals surface area contributed by atoms with E-state index in [0.717, 1.165) is 18.4 Å². The zero-order valence-corrected chi connectivity index (χ0v) is 9.24. The Balaban J connectivity index is 2.17. The van der Waals surface area contributed by atoms with Gasteiger partial charge in [-0.15, -0.1) is 0 Å². The molecule has 1 unspecified atom stereocenters. The highest BCUT2D eigenvalue weighted by Gasteiger charge is 2.47. The van der Waals surface area contributed by atoms with Gasteiger partial charge in [0.2, 0.25) is 0 Å². The molecule has 1 aromatic rings. The van der Waals surface area contributed by atoms with Crippen LogP contribution < -0.4 is 0 Å². The highest BCUT2D eigenvalue weighted by Crippen LogP contribution is 2.47. The summed E-state index contributed by atoms with van der Waals surface area (Å²) >= 11 is 0. The third-order valence-corrected chi connectivity index (χ3v) is 3.45. The van der Waals surface area contributed by atoms with E-state index < -0.39 is 11.4 Å². The molecule has 3 heteroatoms. The number of carbonyl (C=O) groups is 1. The van der Waals surface area contributed by atoms with Crippen molar-refractivity contribution in [3.63, 3.8) is 0 Å². The van der Waals surface area contributed by atoms with Crippen LogP contribution in [0.4, 0.5) is 4.39 Å². The predicted molar refractivity (Wildman–Crippen MR) is 58.6 cm³/mol. The van der Waals surface area contributed by atoms with Crippen molar-refractivity contribution >= 4 is 5.97 Å². The molecule has 0 saturated heterocycles. The molecule has 16 heavy (non-hydrogen) atoms. The molecule has 0 amide bonds. The molecule has 2 rings (SSSR count). The van der Waals surface area contributed by atoms with Crippen molar-refractivity contribution in [2.75, 3.05) is 0 Å². The summed E-state index contributed by atoms with van der Waals surface area (Å²) < 4.78 is 12.7. The van der Waals surface area contributed by atoms with Gasteiger partial charge in [0.25, 0.3) is 0 Å². The van der Waals surface area contributed by atoms with E-state index in [1.807, 2.05) is 0 Å². The molecule has 0 aliphatic heterocycles. The topological polar surface area (TPSA) is 37.3 Å². The van der Waals surface area contributed by atoms with Crippen LogP contribution in [-0.2, 0) is 11.2 Å². The van der Waals surface area contributed by atoms with Gasteiger partial charge in [-0.2, -0.15) is 0 Å². The zero-order chi connectivity index (χ0) is 11.8. The fraction of sp³-hybridized carbons (Fsp3) is 0.462. The third kappa shape index (κ3) is 2.08. The van der Waals surface area contributed by atoms with Gasteiger partial charge in [-0.3, -0.25) is 4.79 Å². The van der Waals surface area contributed by atoms with E-state index >= 15 is 0 Å². The van der Waals surface area contributed by atoms with E-state index in [1.165, 1.54) is 12.1 Å². The lowest BCUT2D eigenvalue weighted by atomic mass is 9.79. The fourth-order valence-electron chi connectivity index (χ4n) is 2.14. The van der Waals surface area contributed by atoms with Crippen LogP contribution in [0.25, 0.3) is 0 Å². The van der Waals surface area contributed by atoms with E-state index in [4.69, 9.17) is 0 Å². The fourth-order valence-corrected chi connectivity index (χ4v) is 2.14. The molecule has 1 fully saturated rings. The lowest BCUT2D eigenvalue weighted by Crippen LogP contribution is -2.32. The van der Waals surface area contributed by atoms with E-state index in [2.05, 4.69) is 0 Å².